The summed E-state index contributed by atoms with van der Waals surface area (Å²) in [5.41, 5.74) is 9.04. The number of carbonyl (C=O) groups excluding carboxylic acids is 1. The standard InChI is InChI=1S/C28H26N4O2S/c1-18-4-11-23(12-5-18)30-27-31-24(17-35-27)20-7-9-21(10-8-20)26(33)32-29-16-19-6-13-25-22(14-19)15-28(2,3)34-25/h4-14,16-17H,15H2,1-3H3,(H,30,31)(H,32,33)/b29-16+. The molecule has 5 rings (SSSR count). The number of thiazole rings is 1. The predicted molar refractivity (Wildman–Crippen MR) is 142 cm³/mol. The molecule has 2 heterocycles. The Balaban J connectivity index is 1.19. The number of hydrogen-bond acceptors (Lipinski definition) is 6. The van der Waals surface area contributed by atoms with Crippen LogP contribution in [0.15, 0.2) is 77.2 Å². The fourth-order valence-electron chi connectivity index (χ4n) is 3.96. The summed E-state index contributed by atoms with van der Waals surface area (Å²) in [5, 5.41) is 10.3. The summed E-state index contributed by atoms with van der Waals surface area (Å²) in [7, 11) is 0. The summed E-state index contributed by atoms with van der Waals surface area (Å²) in [4.78, 5) is 17.2. The summed E-state index contributed by atoms with van der Waals surface area (Å²) in [6.07, 6.45) is 2.50. The molecular weight excluding hydrogens is 456 g/mol. The normalized spacial score (nSPS) is 13.9. The molecule has 3 aromatic carbocycles. The molecular formula is C28H26N4O2S. The largest absolute Gasteiger partial charge is 0.487 e. The topological polar surface area (TPSA) is 75.6 Å². The molecule has 1 aliphatic rings. The van der Waals surface area contributed by atoms with Gasteiger partial charge in [0.1, 0.15) is 11.4 Å². The molecule has 0 radical (unpaired) electrons. The van der Waals surface area contributed by atoms with Crippen LogP contribution in [0.1, 0.15) is 40.9 Å². The number of nitrogens with zero attached hydrogens (tertiary/aromatic N) is 2. The highest BCUT2D eigenvalue weighted by atomic mass is 32.1. The highest BCUT2D eigenvalue weighted by molar-refractivity contribution is 7.14. The lowest BCUT2D eigenvalue weighted by atomic mass is 10.0. The Labute approximate surface area is 208 Å². The number of carbonyl (C=O) groups is 1. The van der Waals surface area contributed by atoms with E-state index in [2.05, 4.69) is 53.7 Å². The number of anilines is 2. The van der Waals surface area contributed by atoms with Gasteiger partial charge in [-0.25, -0.2) is 10.4 Å². The third kappa shape index (κ3) is 5.41. The lowest BCUT2D eigenvalue weighted by molar-refractivity contribution is 0.0955. The number of rotatable bonds is 6. The van der Waals surface area contributed by atoms with Gasteiger partial charge in [0.05, 0.1) is 11.9 Å². The van der Waals surface area contributed by atoms with Gasteiger partial charge >= 0.3 is 0 Å². The van der Waals surface area contributed by atoms with Gasteiger partial charge in [0.25, 0.3) is 5.91 Å². The molecule has 0 spiro atoms. The van der Waals surface area contributed by atoms with Crippen LogP contribution in [0.3, 0.4) is 0 Å². The smallest absolute Gasteiger partial charge is 0.271 e. The maximum Gasteiger partial charge on any atom is 0.271 e. The molecule has 0 saturated carbocycles. The average molecular weight is 483 g/mol. The second-order valence-electron chi connectivity index (χ2n) is 9.21. The minimum Gasteiger partial charge on any atom is -0.487 e. The third-order valence-electron chi connectivity index (χ3n) is 5.72. The average Bonchev–Trinajstić information content (AvgIpc) is 3.43. The SMILES string of the molecule is Cc1ccc(Nc2nc(-c3ccc(C(=O)N/N=C/c4ccc5c(c4)CC(C)(C)O5)cc3)cs2)cc1. The molecule has 1 aromatic heterocycles. The summed E-state index contributed by atoms with van der Waals surface area (Å²) in [5.74, 6) is 0.646. The number of ether oxygens (including phenoxy) is 1. The quantitative estimate of drug-likeness (QED) is 0.248. The third-order valence-corrected chi connectivity index (χ3v) is 6.47. The molecule has 2 N–H and O–H groups in total. The Kier molecular flexibility index (Phi) is 6.09. The minimum absolute atomic E-state index is 0.184. The van der Waals surface area contributed by atoms with Gasteiger partial charge < -0.3 is 10.1 Å². The van der Waals surface area contributed by atoms with Crippen LogP contribution in [0.25, 0.3) is 11.3 Å². The first-order valence-electron chi connectivity index (χ1n) is 11.4. The number of nitrogens with one attached hydrogen (secondary N) is 2. The van der Waals surface area contributed by atoms with E-state index < -0.39 is 0 Å². The zero-order valence-electron chi connectivity index (χ0n) is 19.8. The van der Waals surface area contributed by atoms with E-state index in [0.717, 1.165) is 45.4 Å². The number of hydrazone groups is 1. The lowest BCUT2D eigenvalue weighted by Gasteiger charge is -2.16. The maximum absolute atomic E-state index is 12.5. The molecule has 0 unspecified atom stereocenters. The van der Waals surface area contributed by atoms with Crippen LogP contribution in [0, 0.1) is 6.92 Å². The molecule has 0 bridgehead atoms. The number of hydrogen-bond donors (Lipinski definition) is 2. The molecule has 1 aliphatic heterocycles. The molecule has 176 valence electrons. The highest BCUT2D eigenvalue weighted by Crippen LogP contribution is 2.35. The van der Waals surface area contributed by atoms with Gasteiger partial charge in [-0.15, -0.1) is 11.3 Å². The van der Waals surface area contributed by atoms with Crippen LogP contribution in [0.4, 0.5) is 10.8 Å². The molecule has 4 aromatic rings. The van der Waals surface area contributed by atoms with E-state index in [4.69, 9.17) is 4.74 Å². The number of aryl methyl sites for hydroxylation is 1. The zero-order valence-corrected chi connectivity index (χ0v) is 20.6. The molecule has 1 amide bonds. The molecule has 0 saturated heterocycles. The van der Waals surface area contributed by atoms with Crippen LogP contribution < -0.4 is 15.5 Å². The molecule has 0 fully saturated rings. The van der Waals surface area contributed by atoms with E-state index in [-0.39, 0.29) is 11.5 Å². The number of aromatic nitrogens is 1. The molecule has 7 heteroatoms. The second kappa shape index (κ2) is 9.35. The van der Waals surface area contributed by atoms with Crippen LogP contribution in [-0.4, -0.2) is 22.7 Å². The molecule has 0 atom stereocenters. The van der Waals surface area contributed by atoms with Crippen molar-refractivity contribution in [3.63, 3.8) is 0 Å². The monoisotopic (exact) mass is 482 g/mol. The van der Waals surface area contributed by atoms with E-state index >= 15 is 0 Å². The van der Waals surface area contributed by atoms with Crippen LogP contribution >= 0.6 is 11.3 Å². The van der Waals surface area contributed by atoms with Crippen molar-refractivity contribution in [2.24, 2.45) is 5.10 Å². The number of fused-ring (bicyclic) bond motifs is 1. The van der Waals surface area contributed by atoms with Crippen LogP contribution in [0.2, 0.25) is 0 Å². The Morgan fingerprint density at radius 3 is 2.63 bits per heavy atom. The predicted octanol–water partition coefficient (Wildman–Crippen LogP) is 6.34. The van der Waals surface area contributed by atoms with E-state index in [1.807, 2.05) is 47.8 Å². The Morgan fingerprint density at radius 2 is 1.86 bits per heavy atom. The van der Waals surface area contributed by atoms with Crippen molar-refractivity contribution >= 4 is 34.3 Å². The first kappa shape index (κ1) is 22.8. The first-order valence-corrected chi connectivity index (χ1v) is 12.3. The lowest BCUT2D eigenvalue weighted by Crippen LogP contribution is -2.24. The van der Waals surface area contributed by atoms with Crippen molar-refractivity contribution in [2.75, 3.05) is 5.32 Å². The van der Waals surface area contributed by atoms with Gasteiger partial charge in [0, 0.05) is 28.6 Å². The Morgan fingerprint density at radius 1 is 1.09 bits per heavy atom. The van der Waals surface area contributed by atoms with Gasteiger partial charge in [-0.1, -0.05) is 29.8 Å². The molecule has 0 aliphatic carbocycles. The molecule has 6 nitrogen and oxygen atoms in total. The van der Waals surface area contributed by atoms with Crippen molar-refractivity contribution < 1.29 is 9.53 Å². The Hall–Kier alpha value is -3.97. The summed E-state index contributed by atoms with van der Waals surface area (Å²) < 4.78 is 5.90. The minimum atomic E-state index is -0.265. The van der Waals surface area contributed by atoms with Crippen molar-refractivity contribution in [1.82, 2.24) is 10.4 Å². The van der Waals surface area contributed by atoms with Crippen molar-refractivity contribution in [3.05, 3.63) is 94.4 Å². The van der Waals surface area contributed by atoms with Gasteiger partial charge in [-0.2, -0.15) is 5.10 Å². The van der Waals surface area contributed by atoms with Gasteiger partial charge in [-0.3, -0.25) is 4.79 Å². The maximum atomic E-state index is 12.5. The molecule has 35 heavy (non-hydrogen) atoms. The van der Waals surface area contributed by atoms with E-state index in [1.165, 1.54) is 5.56 Å². The van der Waals surface area contributed by atoms with Crippen molar-refractivity contribution in [2.45, 2.75) is 32.8 Å². The van der Waals surface area contributed by atoms with Crippen LogP contribution in [-0.2, 0) is 6.42 Å². The van der Waals surface area contributed by atoms with E-state index in [0.29, 0.717) is 5.56 Å². The number of benzene rings is 3. The highest BCUT2D eigenvalue weighted by Gasteiger charge is 2.29. The first-order chi connectivity index (χ1) is 16.8. The zero-order chi connectivity index (χ0) is 24.4. The Bertz CT molecular complexity index is 1390. The van der Waals surface area contributed by atoms with E-state index in [9.17, 15) is 4.79 Å². The van der Waals surface area contributed by atoms with Gasteiger partial charge in [0.15, 0.2) is 5.13 Å². The summed E-state index contributed by atoms with van der Waals surface area (Å²) in [6.45, 7) is 6.20. The second-order valence-corrected chi connectivity index (χ2v) is 10.1. The van der Waals surface area contributed by atoms with Gasteiger partial charge in [0.2, 0.25) is 0 Å². The fraction of sp³-hybridized carbons (Fsp3) is 0.179. The summed E-state index contributed by atoms with van der Waals surface area (Å²) in [6, 6.07) is 21.5. The number of amides is 1. The fourth-order valence-corrected chi connectivity index (χ4v) is 4.70. The summed E-state index contributed by atoms with van der Waals surface area (Å²) >= 11 is 1.54. The van der Waals surface area contributed by atoms with Crippen molar-refractivity contribution in [1.29, 1.82) is 0 Å². The van der Waals surface area contributed by atoms with Crippen molar-refractivity contribution in [3.8, 4) is 17.0 Å². The van der Waals surface area contributed by atoms with Gasteiger partial charge in [-0.05, 0) is 74.4 Å². The van der Waals surface area contributed by atoms with E-state index in [1.54, 1.807) is 29.7 Å². The van der Waals surface area contributed by atoms with Crippen LogP contribution in [0.5, 0.6) is 5.75 Å².